The van der Waals surface area contributed by atoms with Gasteiger partial charge in [0.1, 0.15) is 0 Å². The lowest BCUT2D eigenvalue weighted by molar-refractivity contribution is 1.18. The number of nitrogens with zero attached hydrogens (tertiary/aromatic N) is 3. The van der Waals surface area contributed by atoms with Gasteiger partial charge in [-0.25, -0.2) is 0 Å². The maximum atomic E-state index is 2.46. The van der Waals surface area contributed by atoms with E-state index in [2.05, 4.69) is 251 Å². The molecule has 0 unspecified atom stereocenters. The van der Waals surface area contributed by atoms with Crippen molar-refractivity contribution in [3.05, 3.63) is 237 Å². The number of aromatic nitrogens is 2. The molecule has 12 rings (SSSR count). The molecule has 0 bridgehead atoms. The van der Waals surface area contributed by atoms with Crippen LogP contribution in [0.15, 0.2) is 237 Å². The second-order valence-electron chi connectivity index (χ2n) is 15.8. The van der Waals surface area contributed by atoms with Crippen LogP contribution < -0.4 is 4.90 Å². The SMILES string of the molecule is c1ccc(-c2ccc3c(c2)c2cc(N(c4ccc5c(c4)c4cc(-c6ccccc6)ccc4n5-c4ccccc4)c4cccc5ccccc45)ccc2n3-c2ccccc2)cc1. The minimum absolute atomic E-state index is 1.09. The molecular weight excluding hydrogens is 739 g/mol. The number of benzene rings is 10. The lowest BCUT2D eigenvalue weighted by atomic mass is 10.0. The van der Waals surface area contributed by atoms with Gasteiger partial charge in [-0.1, -0.05) is 146 Å². The van der Waals surface area contributed by atoms with E-state index in [1.165, 1.54) is 76.6 Å². The van der Waals surface area contributed by atoms with Gasteiger partial charge in [-0.15, -0.1) is 0 Å². The van der Waals surface area contributed by atoms with Crippen molar-refractivity contribution in [2.75, 3.05) is 4.90 Å². The van der Waals surface area contributed by atoms with Gasteiger partial charge in [0.2, 0.25) is 0 Å². The summed E-state index contributed by atoms with van der Waals surface area (Å²) in [5.41, 5.74) is 15.1. The maximum Gasteiger partial charge on any atom is 0.0542 e. The lowest BCUT2D eigenvalue weighted by Crippen LogP contribution is -2.10. The largest absolute Gasteiger partial charge is 0.310 e. The van der Waals surface area contributed by atoms with Crippen LogP contribution in [0.25, 0.3) is 88.0 Å². The summed E-state index contributed by atoms with van der Waals surface area (Å²) in [6, 6.07) is 86.0. The molecule has 0 aliphatic carbocycles. The molecule has 0 fully saturated rings. The number of anilines is 3. The van der Waals surface area contributed by atoms with Crippen LogP contribution in [0, 0.1) is 0 Å². The van der Waals surface area contributed by atoms with Crippen LogP contribution >= 0.6 is 0 Å². The maximum absolute atomic E-state index is 2.46. The number of rotatable bonds is 7. The quantitative estimate of drug-likeness (QED) is 0.157. The summed E-state index contributed by atoms with van der Waals surface area (Å²) in [6.45, 7) is 0. The van der Waals surface area contributed by atoms with Crippen LogP contribution in [0.5, 0.6) is 0 Å². The van der Waals surface area contributed by atoms with E-state index in [1.54, 1.807) is 0 Å². The van der Waals surface area contributed by atoms with Gasteiger partial charge in [0.25, 0.3) is 0 Å². The molecule has 0 aliphatic heterocycles. The Hall–Kier alpha value is -8.14. The van der Waals surface area contributed by atoms with E-state index in [0.29, 0.717) is 0 Å². The molecule has 0 radical (unpaired) electrons. The van der Waals surface area contributed by atoms with Crippen molar-refractivity contribution in [1.82, 2.24) is 9.13 Å². The Balaban J connectivity index is 1.13. The fraction of sp³-hybridized carbons (Fsp3) is 0. The molecule has 0 spiro atoms. The lowest BCUT2D eigenvalue weighted by Gasteiger charge is -2.27. The molecule has 2 heterocycles. The first-order valence-corrected chi connectivity index (χ1v) is 20.9. The Morgan fingerprint density at radius 3 is 1.15 bits per heavy atom. The van der Waals surface area contributed by atoms with Crippen LogP contribution in [0.1, 0.15) is 0 Å². The molecule has 12 aromatic rings. The highest BCUT2D eigenvalue weighted by atomic mass is 15.1. The standard InChI is InChI=1S/C58H39N3/c1-5-16-40(17-6-1)43-28-32-55-50(36-43)52-38-47(30-34-57(52)60(55)45-22-9-3-10-23-45)59(54-27-15-21-42-20-13-14-26-49(42)54)48-31-35-58-53(39-48)51-37-44(41-18-7-2-8-19-41)29-33-56(51)61(58)46-24-11-4-12-25-46/h1-39H. The van der Waals surface area contributed by atoms with Gasteiger partial charge in [-0.3, -0.25) is 0 Å². The average molecular weight is 778 g/mol. The van der Waals surface area contributed by atoms with Gasteiger partial charge in [-0.05, 0) is 119 Å². The first kappa shape index (κ1) is 34.9. The second kappa shape index (κ2) is 14.3. The third-order valence-corrected chi connectivity index (χ3v) is 12.3. The van der Waals surface area contributed by atoms with Crippen LogP contribution in [-0.2, 0) is 0 Å². The molecule has 0 aliphatic rings. The summed E-state index contributed by atoms with van der Waals surface area (Å²) < 4.78 is 4.81. The van der Waals surface area contributed by atoms with Gasteiger partial charge in [-0.2, -0.15) is 0 Å². The van der Waals surface area contributed by atoms with Gasteiger partial charge in [0, 0.05) is 49.7 Å². The Labute approximate surface area is 354 Å². The molecule has 61 heavy (non-hydrogen) atoms. The van der Waals surface area contributed by atoms with Crippen LogP contribution in [-0.4, -0.2) is 9.13 Å². The molecule has 0 saturated carbocycles. The molecule has 10 aromatic carbocycles. The molecule has 0 saturated heterocycles. The van der Waals surface area contributed by atoms with E-state index in [1.807, 2.05) is 0 Å². The monoisotopic (exact) mass is 777 g/mol. The molecule has 3 heteroatoms. The van der Waals surface area contributed by atoms with Crippen molar-refractivity contribution in [2.24, 2.45) is 0 Å². The second-order valence-corrected chi connectivity index (χ2v) is 15.8. The van der Waals surface area contributed by atoms with E-state index >= 15 is 0 Å². The highest BCUT2D eigenvalue weighted by molar-refractivity contribution is 6.14. The van der Waals surface area contributed by atoms with E-state index < -0.39 is 0 Å². The number of para-hydroxylation sites is 2. The predicted molar refractivity (Wildman–Crippen MR) is 258 cm³/mol. The number of hydrogen-bond acceptors (Lipinski definition) is 1. The smallest absolute Gasteiger partial charge is 0.0542 e. The number of hydrogen-bond donors (Lipinski definition) is 0. The van der Waals surface area contributed by atoms with E-state index in [-0.39, 0.29) is 0 Å². The topological polar surface area (TPSA) is 13.1 Å². The summed E-state index contributed by atoms with van der Waals surface area (Å²) in [4.78, 5) is 2.46. The van der Waals surface area contributed by atoms with Gasteiger partial charge in [0.05, 0.1) is 27.8 Å². The van der Waals surface area contributed by atoms with Crippen molar-refractivity contribution in [3.8, 4) is 33.6 Å². The van der Waals surface area contributed by atoms with Gasteiger partial charge < -0.3 is 14.0 Å². The van der Waals surface area contributed by atoms with Crippen LogP contribution in [0.3, 0.4) is 0 Å². The van der Waals surface area contributed by atoms with Crippen LogP contribution in [0.2, 0.25) is 0 Å². The van der Waals surface area contributed by atoms with Crippen molar-refractivity contribution in [3.63, 3.8) is 0 Å². The minimum Gasteiger partial charge on any atom is -0.310 e. The van der Waals surface area contributed by atoms with E-state index in [4.69, 9.17) is 0 Å². The van der Waals surface area contributed by atoms with Crippen molar-refractivity contribution >= 4 is 71.4 Å². The summed E-state index contributed by atoms with van der Waals surface area (Å²) >= 11 is 0. The van der Waals surface area contributed by atoms with Gasteiger partial charge >= 0.3 is 0 Å². The minimum atomic E-state index is 1.09. The van der Waals surface area contributed by atoms with Crippen molar-refractivity contribution < 1.29 is 0 Å². The Morgan fingerprint density at radius 2 is 0.656 bits per heavy atom. The zero-order valence-corrected chi connectivity index (χ0v) is 33.4. The van der Waals surface area contributed by atoms with Crippen LogP contribution in [0.4, 0.5) is 17.1 Å². The average Bonchev–Trinajstić information content (AvgIpc) is 3.84. The zero-order valence-electron chi connectivity index (χ0n) is 33.4. The third-order valence-electron chi connectivity index (χ3n) is 12.3. The Morgan fingerprint density at radius 1 is 0.262 bits per heavy atom. The summed E-state index contributed by atoms with van der Waals surface area (Å²) in [5, 5.41) is 7.24. The fourth-order valence-electron chi connectivity index (χ4n) is 9.46. The molecule has 0 amide bonds. The first-order valence-electron chi connectivity index (χ1n) is 20.9. The molecule has 286 valence electrons. The molecular formula is C58H39N3. The molecule has 3 nitrogen and oxygen atoms in total. The predicted octanol–water partition coefficient (Wildman–Crippen LogP) is 15.8. The molecule has 0 N–H and O–H groups in total. The van der Waals surface area contributed by atoms with E-state index in [9.17, 15) is 0 Å². The summed E-state index contributed by atoms with van der Waals surface area (Å²) in [6.07, 6.45) is 0. The van der Waals surface area contributed by atoms with E-state index in [0.717, 1.165) is 28.4 Å². The summed E-state index contributed by atoms with van der Waals surface area (Å²) in [5.74, 6) is 0. The normalized spacial score (nSPS) is 11.6. The Kier molecular flexibility index (Phi) is 8.17. The highest BCUT2D eigenvalue weighted by Gasteiger charge is 2.22. The summed E-state index contributed by atoms with van der Waals surface area (Å²) in [7, 11) is 0. The highest BCUT2D eigenvalue weighted by Crippen LogP contribution is 2.45. The first-order chi connectivity index (χ1) is 30.3. The number of fused-ring (bicyclic) bond motifs is 7. The Bertz CT molecular complexity index is 3360. The van der Waals surface area contributed by atoms with Gasteiger partial charge in [0.15, 0.2) is 0 Å². The molecule has 0 atom stereocenters. The van der Waals surface area contributed by atoms with Crippen molar-refractivity contribution in [2.45, 2.75) is 0 Å². The fourth-order valence-corrected chi connectivity index (χ4v) is 9.46. The van der Waals surface area contributed by atoms with Crippen molar-refractivity contribution in [1.29, 1.82) is 0 Å². The third kappa shape index (κ3) is 5.82. The molecule has 2 aromatic heterocycles. The zero-order chi connectivity index (χ0) is 40.3.